The highest BCUT2D eigenvalue weighted by Gasteiger charge is 2.19. The third kappa shape index (κ3) is 6.81. The van der Waals surface area contributed by atoms with Crippen molar-refractivity contribution in [3.63, 3.8) is 0 Å². The molecule has 0 fully saturated rings. The molecular weight excluding hydrogens is 539 g/mol. The smallest absolute Gasteiger partial charge is 0.237 e. The van der Waals surface area contributed by atoms with Crippen molar-refractivity contribution in [2.24, 2.45) is 0 Å². The Morgan fingerprint density at radius 2 is 1.95 bits per heavy atom. The number of anilines is 2. The minimum Gasteiger partial charge on any atom is -0.489 e. The van der Waals surface area contributed by atoms with Crippen LogP contribution in [0.3, 0.4) is 0 Å². The zero-order valence-electron chi connectivity index (χ0n) is 21.3. The second-order valence-electron chi connectivity index (χ2n) is 8.63. The van der Waals surface area contributed by atoms with Gasteiger partial charge in [0.15, 0.2) is 6.29 Å². The average molecular weight is 565 g/mol. The lowest BCUT2D eigenvalue weighted by Gasteiger charge is -2.27. The van der Waals surface area contributed by atoms with Crippen LogP contribution < -0.4 is 20.1 Å². The van der Waals surface area contributed by atoms with Crippen LogP contribution in [-0.4, -0.2) is 47.1 Å². The van der Waals surface area contributed by atoms with Gasteiger partial charge in [-0.3, -0.25) is 20.2 Å². The molecule has 0 spiro atoms. The van der Waals surface area contributed by atoms with Gasteiger partial charge in [0.1, 0.15) is 30.3 Å². The van der Waals surface area contributed by atoms with Crippen LogP contribution in [0.2, 0.25) is 10.0 Å². The molecule has 0 saturated carbocycles. The summed E-state index contributed by atoms with van der Waals surface area (Å²) >= 11 is 12.3. The van der Waals surface area contributed by atoms with Gasteiger partial charge in [0.2, 0.25) is 5.88 Å². The second kappa shape index (κ2) is 12.6. The van der Waals surface area contributed by atoms with Gasteiger partial charge in [-0.1, -0.05) is 29.3 Å². The van der Waals surface area contributed by atoms with Gasteiger partial charge in [0.05, 0.1) is 22.3 Å². The molecule has 0 bridgehead atoms. The van der Waals surface area contributed by atoms with E-state index in [1.807, 2.05) is 37.1 Å². The van der Waals surface area contributed by atoms with Gasteiger partial charge in [-0.25, -0.2) is 4.98 Å². The lowest BCUT2D eigenvalue weighted by atomic mass is 10.0. The molecule has 11 heteroatoms. The molecule has 39 heavy (non-hydrogen) atoms. The number of carbonyl (C=O) groups is 1. The van der Waals surface area contributed by atoms with Gasteiger partial charge < -0.3 is 20.1 Å². The Bertz CT molecular complexity index is 1490. The van der Waals surface area contributed by atoms with E-state index >= 15 is 0 Å². The van der Waals surface area contributed by atoms with Crippen LogP contribution in [0.4, 0.5) is 11.4 Å². The normalized spacial score (nSPS) is 11.9. The zero-order valence-corrected chi connectivity index (χ0v) is 22.8. The number of benzene rings is 1. The number of likely N-dealkylation sites (N-methyl/N-ethyl adjacent to an activating group) is 1. The molecule has 0 saturated heterocycles. The summed E-state index contributed by atoms with van der Waals surface area (Å²) in [6.07, 6.45) is 5.39. The quantitative estimate of drug-likeness (QED) is 0.181. The zero-order chi connectivity index (χ0) is 27.9. The highest BCUT2D eigenvalue weighted by Crippen LogP contribution is 2.31. The van der Waals surface area contributed by atoms with Crippen molar-refractivity contribution >= 4 is 46.6 Å². The third-order valence-electron chi connectivity index (χ3n) is 5.86. The molecule has 5 rings (SSSR count). The van der Waals surface area contributed by atoms with Crippen LogP contribution in [0.1, 0.15) is 32.9 Å². The number of hydrogen-bond donors (Lipinski definition) is 2. The summed E-state index contributed by atoms with van der Waals surface area (Å²) in [7, 11) is 1.97. The van der Waals surface area contributed by atoms with E-state index in [2.05, 4.69) is 15.0 Å². The number of rotatable bonds is 6. The molecule has 1 aromatic carbocycles. The highest BCUT2D eigenvalue weighted by atomic mass is 35.5. The molecule has 0 amide bonds. The topological polar surface area (TPSA) is 127 Å². The first-order valence-electron chi connectivity index (χ1n) is 11.9. The Morgan fingerprint density at radius 3 is 2.64 bits per heavy atom. The van der Waals surface area contributed by atoms with Crippen molar-refractivity contribution in [1.82, 2.24) is 15.0 Å². The van der Waals surface area contributed by atoms with Crippen molar-refractivity contribution in [2.45, 2.75) is 13.5 Å². The minimum atomic E-state index is 0.166. The second-order valence-corrected chi connectivity index (χ2v) is 9.45. The maximum Gasteiger partial charge on any atom is 0.237 e. The van der Waals surface area contributed by atoms with Gasteiger partial charge in [-0.05, 0) is 43.3 Å². The number of carbonyl (C=O) groups excluding carboxylic acids is 1. The first-order chi connectivity index (χ1) is 18.8. The molecule has 4 heterocycles. The number of aryl methyl sites for hydroxylation is 1. The SMILES string of the molecule is CN1CCOc2ncc(C(=N)c3cc(OCc4c(Cl)cncc4Cl)ccc3N)cc21.Cc1cccc(C=O)n1. The van der Waals surface area contributed by atoms with E-state index in [0.29, 0.717) is 56.4 Å². The number of fused-ring (bicyclic) bond motifs is 1. The number of ether oxygens (including phenoxy) is 2. The number of nitrogens with two attached hydrogens (primary N) is 1. The van der Waals surface area contributed by atoms with Crippen LogP contribution in [0.15, 0.2) is 61.1 Å². The Kier molecular flexibility index (Phi) is 8.96. The van der Waals surface area contributed by atoms with Crippen molar-refractivity contribution in [3.05, 3.63) is 99.2 Å². The lowest BCUT2D eigenvalue weighted by molar-refractivity contribution is 0.111. The molecule has 0 atom stereocenters. The standard InChI is InChI=1S/C21H19Cl2N5O2.C7H7NO/c1-28-4-5-29-21-19(28)6-12(8-27-21)20(25)14-7-13(2-3-18(14)24)30-11-15-16(22)9-26-10-17(15)23;1-6-3-2-4-7(5-9)8-6/h2-3,6-10,25H,4-5,11,24H2,1H3;2-5H,1H3. The number of aldehydes is 1. The molecule has 4 aromatic rings. The molecule has 3 aromatic heterocycles. The summed E-state index contributed by atoms with van der Waals surface area (Å²) < 4.78 is 11.4. The number of pyridine rings is 3. The van der Waals surface area contributed by atoms with E-state index in [1.165, 1.54) is 12.4 Å². The number of halogens is 2. The molecule has 1 aliphatic heterocycles. The van der Waals surface area contributed by atoms with Crippen LogP contribution in [0, 0.1) is 12.3 Å². The Morgan fingerprint density at radius 1 is 1.18 bits per heavy atom. The lowest BCUT2D eigenvalue weighted by Crippen LogP contribution is -2.29. The Hall–Kier alpha value is -4.21. The maximum atomic E-state index is 10.1. The average Bonchev–Trinajstić information content (AvgIpc) is 2.93. The fourth-order valence-electron chi connectivity index (χ4n) is 3.72. The van der Waals surface area contributed by atoms with Gasteiger partial charge in [-0.15, -0.1) is 0 Å². The number of aromatic nitrogens is 3. The summed E-state index contributed by atoms with van der Waals surface area (Å²) in [4.78, 5) is 24.4. The van der Waals surface area contributed by atoms with Crippen LogP contribution in [-0.2, 0) is 6.61 Å². The van der Waals surface area contributed by atoms with Gasteiger partial charge in [0.25, 0.3) is 0 Å². The first-order valence-corrected chi connectivity index (χ1v) is 12.6. The monoisotopic (exact) mass is 564 g/mol. The van der Waals surface area contributed by atoms with Crippen molar-refractivity contribution in [2.75, 3.05) is 30.8 Å². The number of nitrogen functional groups attached to an aromatic ring is 1. The van der Waals surface area contributed by atoms with Crippen molar-refractivity contribution in [3.8, 4) is 11.6 Å². The van der Waals surface area contributed by atoms with Crippen molar-refractivity contribution < 1.29 is 14.3 Å². The molecule has 9 nitrogen and oxygen atoms in total. The Labute approximate surface area is 236 Å². The summed E-state index contributed by atoms with van der Waals surface area (Å²) in [5.74, 6) is 1.11. The van der Waals surface area contributed by atoms with Gasteiger partial charge >= 0.3 is 0 Å². The molecule has 0 aliphatic carbocycles. The maximum absolute atomic E-state index is 10.1. The summed E-state index contributed by atoms with van der Waals surface area (Å²) in [5, 5.41) is 9.53. The number of nitrogens with one attached hydrogen (secondary N) is 1. The van der Waals surface area contributed by atoms with Gasteiger partial charge in [-0.2, -0.15) is 0 Å². The minimum absolute atomic E-state index is 0.166. The third-order valence-corrected chi connectivity index (χ3v) is 6.51. The predicted molar refractivity (Wildman–Crippen MR) is 153 cm³/mol. The fourth-order valence-corrected chi connectivity index (χ4v) is 4.19. The largest absolute Gasteiger partial charge is 0.489 e. The summed E-state index contributed by atoms with van der Waals surface area (Å²) in [5.41, 5.74) is 10.9. The summed E-state index contributed by atoms with van der Waals surface area (Å²) in [6, 6.07) is 12.4. The molecule has 200 valence electrons. The first kappa shape index (κ1) is 27.8. The number of nitrogens with zero attached hydrogens (tertiary/aromatic N) is 4. The predicted octanol–water partition coefficient (Wildman–Crippen LogP) is 5.39. The van der Waals surface area contributed by atoms with E-state index in [4.69, 9.17) is 43.8 Å². The summed E-state index contributed by atoms with van der Waals surface area (Å²) in [6.45, 7) is 3.37. The van der Waals surface area contributed by atoms with E-state index in [1.54, 1.807) is 30.5 Å². The number of hydrogen-bond acceptors (Lipinski definition) is 9. The van der Waals surface area contributed by atoms with E-state index in [9.17, 15) is 4.79 Å². The molecule has 0 radical (unpaired) electrons. The van der Waals surface area contributed by atoms with Crippen LogP contribution in [0.25, 0.3) is 0 Å². The molecule has 0 unspecified atom stereocenters. The highest BCUT2D eigenvalue weighted by molar-refractivity contribution is 6.35. The van der Waals surface area contributed by atoms with E-state index in [0.717, 1.165) is 24.2 Å². The van der Waals surface area contributed by atoms with Crippen molar-refractivity contribution in [1.29, 1.82) is 5.41 Å². The van der Waals surface area contributed by atoms with E-state index < -0.39 is 0 Å². The van der Waals surface area contributed by atoms with E-state index in [-0.39, 0.29) is 12.3 Å². The fraction of sp³-hybridized carbons (Fsp3) is 0.179. The van der Waals surface area contributed by atoms with Crippen LogP contribution in [0.5, 0.6) is 11.6 Å². The Balaban J connectivity index is 0.000000333. The molecular formula is C28H26Cl2N6O3. The van der Waals surface area contributed by atoms with Crippen LogP contribution >= 0.6 is 23.2 Å². The molecule has 1 aliphatic rings. The van der Waals surface area contributed by atoms with Gasteiger partial charge in [0, 0.05) is 53.7 Å². The molecule has 3 N–H and O–H groups in total.